The summed E-state index contributed by atoms with van der Waals surface area (Å²) in [7, 11) is 0. The average Bonchev–Trinajstić information content (AvgIpc) is 3.21. The van der Waals surface area contributed by atoms with E-state index in [-0.39, 0.29) is 18.1 Å². The molecule has 1 amide bonds. The zero-order valence-corrected chi connectivity index (χ0v) is 15.8. The molecule has 0 saturated carbocycles. The number of benzene rings is 1. The first-order chi connectivity index (χ1) is 14.1. The van der Waals surface area contributed by atoms with E-state index in [1.54, 1.807) is 24.5 Å². The molecule has 0 bridgehead atoms. The van der Waals surface area contributed by atoms with Gasteiger partial charge in [0.05, 0.1) is 11.8 Å². The van der Waals surface area contributed by atoms with Gasteiger partial charge in [0.2, 0.25) is 0 Å². The third-order valence-electron chi connectivity index (χ3n) is 4.93. The topological polar surface area (TPSA) is 63.1 Å². The molecule has 0 atom stereocenters. The van der Waals surface area contributed by atoms with Crippen LogP contribution in [0.2, 0.25) is 0 Å². The van der Waals surface area contributed by atoms with Crippen molar-refractivity contribution in [2.24, 2.45) is 0 Å². The first kappa shape index (κ1) is 19.0. The van der Waals surface area contributed by atoms with Crippen LogP contribution in [0.4, 0.5) is 14.6 Å². The van der Waals surface area contributed by atoms with Crippen molar-refractivity contribution in [1.29, 1.82) is 0 Å². The summed E-state index contributed by atoms with van der Waals surface area (Å²) in [5.41, 5.74) is 1.38. The number of hydrogen-bond acceptors (Lipinski definition) is 4. The second-order valence-electron chi connectivity index (χ2n) is 6.99. The lowest BCUT2D eigenvalue weighted by Gasteiger charge is -2.29. The summed E-state index contributed by atoms with van der Waals surface area (Å²) in [6.07, 6.45) is 8.22. The number of halogens is 2. The average molecular weight is 397 g/mol. The predicted molar refractivity (Wildman–Crippen MR) is 105 cm³/mol. The van der Waals surface area contributed by atoms with Crippen LogP contribution < -0.4 is 10.2 Å². The van der Waals surface area contributed by atoms with Crippen LogP contribution in [0.1, 0.15) is 35.2 Å². The number of piperidine rings is 1. The van der Waals surface area contributed by atoms with Gasteiger partial charge in [-0.2, -0.15) is 5.10 Å². The third-order valence-corrected chi connectivity index (χ3v) is 4.93. The molecule has 1 aliphatic heterocycles. The van der Waals surface area contributed by atoms with Gasteiger partial charge in [-0.1, -0.05) is 0 Å². The van der Waals surface area contributed by atoms with Crippen molar-refractivity contribution in [3.63, 3.8) is 0 Å². The highest BCUT2D eigenvalue weighted by Crippen LogP contribution is 2.21. The normalized spacial score (nSPS) is 14.1. The molecule has 150 valence electrons. The Labute approximate surface area is 167 Å². The fraction of sp³-hybridized carbons (Fsp3) is 0.286. The van der Waals surface area contributed by atoms with Crippen LogP contribution in [0.3, 0.4) is 0 Å². The second kappa shape index (κ2) is 8.38. The largest absolute Gasteiger partial charge is 0.356 e. The van der Waals surface area contributed by atoms with Crippen LogP contribution in [0.25, 0.3) is 5.69 Å². The van der Waals surface area contributed by atoms with Crippen LogP contribution in [0, 0.1) is 11.6 Å². The Morgan fingerprint density at radius 2 is 1.97 bits per heavy atom. The molecular formula is C21H21F2N5O. The monoisotopic (exact) mass is 397 g/mol. The van der Waals surface area contributed by atoms with Crippen molar-refractivity contribution in [2.45, 2.75) is 25.8 Å². The SMILES string of the molecule is O=C(NCc1cnn(-c2ccc(F)cc2F)c1)c1cccnc1N1CCCCC1. The minimum atomic E-state index is -0.704. The van der Waals surface area contributed by atoms with Gasteiger partial charge < -0.3 is 10.2 Å². The maximum atomic E-state index is 13.9. The number of nitrogens with one attached hydrogen (secondary N) is 1. The Hall–Kier alpha value is -3.29. The number of rotatable bonds is 5. The summed E-state index contributed by atoms with van der Waals surface area (Å²) >= 11 is 0. The van der Waals surface area contributed by atoms with Crippen molar-refractivity contribution in [3.8, 4) is 5.69 Å². The molecule has 1 N–H and O–H groups in total. The van der Waals surface area contributed by atoms with Gasteiger partial charge in [0.1, 0.15) is 17.3 Å². The highest BCUT2D eigenvalue weighted by molar-refractivity contribution is 5.98. The number of carbonyl (C=O) groups is 1. The van der Waals surface area contributed by atoms with E-state index in [0.717, 1.165) is 32.0 Å². The molecule has 4 rings (SSSR count). The van der Waals surface area contributed by atoms with Gasteiger partial charge in [0.15, 0.2) is 5.82 Å². The summed E-state index contributed by atoms with van der Waals surface area (Å²) in [6, 6.07) is 6.82. The standard InChI is InChI=1S/C21H21F2N5O/c22-16-6-7-19(18(23)11-16)28-14-15(13-26-28)12-25-21(29)17-5-4-8-24-20(17)27-9-2-1-3-10-27/h4-8,11,13-14H,1-3,9-10,12H2,(H,25,29). The van der Waals surface area contributed by atoms with Gasteiger partial charge in [0, 0.05) is 43.7 Å². The Kier molecular flexibility index (Phi) is 5.50. The molecule has 1 fully saturated rings. The van der Waals surface area contributed by atoms with Gasteiger partial charge in [-0.25, -0.2) is 18.4 Å². The van der Waals surface area contributed by atoms with E-state index < -0.39 is 11.6 Å². The molecule has 1 aliphatic rings. The molecule has 1 aromatic carbocycles. The van der Waals surface area contributed by atoms with Crippen LogP contribution in [-0.4, -0.2) is 33.8 Å². The van der Waals surface area contributed by atoms with E-state index in [0.29, 0.717) is 16.9 Å². The Morgan fingerprint density at radius 1 is 1.14 bits per heavy atom. The summed E-state index contributed by atoms with van der Waals surface area (Å²) in [6.45, 7) is 2.02. The van der Waals surface area contributed by atoms with Crippen molar-refractivity contribution in [1.82, 2.24) is 20.1 Å². The second-order valence-corrected chi connectivity index (χ2v) is 6.99. The lowest BCUT2D eigenvalue weighted by atomic mass is 10.1. The van der Waals surface area contributed by atoms with Crippen molar-refractivity contribution < 1.29 is 13.6 Å². The zero-order chi connectivity index (χ0) is 20.2. The Morgan fingerprint density at radius 3 is 2.76 bits per heavy atom. The van der Waals surface area contributed by atoms with Gasteiger partial charge in [-0.15, -0.1) is 0 Å². The van der Waals surface area contributed by atoms with Crippen LogP contribution in [0.5, 0.6) is 0 Å². The molecule has 3 aromatic rings. The first-order valence-electron chi connectivity index (χ1n) is 9.59. The number of pyridine rings is 1. The van der Waals surface area contributed by atoms with Gasteiger partial charge in [-0.3, -0.25) is 4.79 Å². The summed E-state index contributed by atoms with van der Waals surface area (Å²) in [5.74, 6) is -0.870. The van der Waals surface area contributed by atoms with Crippen molar-refractivity contribution in [2.75, 3.05) is 18.0 Å². The molecule has 0 unspecified atom stereocenters. The number of nitrogens with zero attached hydrogens (tertiary/aromatic N) is 4. The predicted octanol–water partition coefficient (Wildman–Crippen LogP) is 3.47. The fourth-order valence-electron chi connectivity index (χ4n) is 3.46. The number of hydrogen-bond donors (Lipinski definition) is 1. The van der Waals surface area contributed by atoms with E-state index in [2.05, 4.69) is 20.3 Å². The molecule has 2 aromatic heterocycles. The number of anilines is 1. The van der Waals surface area contributed by atoms with E-state index in [1.165, 1.54) is 29.4 Å². The third kappa shape index (κ3) is 4.26. The highest BCUT2D eigenvalue weighted by Gasteiger charge is 2.19. The van der Waals surface area contributed by atoms with Gasteiger partial charge >= 0.3 is 0 Å². The summed E-state index contributed by atoms with van der Waals surface area (Å²) in [5, 5.41) is 6.97. The fourth-order valence-corrected chi connectivity index (χ4v) is 3.46. The number of carbonyl (C=O) groups excluding carboxylic acids is 1. The van der Waals surface area contributed by atoms with Crippen LogP contribution in [-0.2, 0) is 6.54 Å². The lowest BCUT2D eigenvalue weighted by molar-refractivity contribution is 0.0951. The maximum Gasteiger partial charge on any atom is 0.255 e. The van der Waals surface area contributed by atoms with Crippen LogP contribution in [0.15, 0.2) is 48.9 Å². The minimum Gasteiger partial charge on any atom is -0.356 e. The Balaban J connectivity index is 1.45. The number of amides is 1. The molecule has 0 radical (unpaired) electrons. The van der Waals surface area contributed by atoms with Gasteiger partial charge in [0.25, 0.3) is 5.91 Å². The van der Waals surface area contributed by atoms with E-state index in [9.17, 15) is 13.6 Å². The van der Waals surface area contributed by atoms with Crippen molar-refractivity contribution in [3.05, 3.63) is 71.7 Å². The highest BCUT2D eigenvalue weighted by atomic mass is 19.1. The van der Waals surface area contributed by atoms with Gasteiger partial charge in [-0.05, 0) is 43.5 Å². The maximum absolute atomic E-state index is 13.9. The quantitative estimate of drug-likeness (QED) is 0.716. The molecule has 6 nitrogen and oxygen atoms in total. The minimum absolute atomic E-state index is 0.142. The van der Waals surface area contributed by atoms with Crippen LogP contribution >= 0.6 is 0 Å². The lowest BCUT2D eigenvalue weighted by Crippen LogP contribution is -2.33. The molecule has 8 heteroatoms. The van der Waals surface area contributed by atoms with E-state index >= 15 is 0 Å². The molecule has 29 heavy (non-hydrogen) atoms. The summed E-state index contributed by atoms with van der Waals surface area (Å²) < 4.78 is 28.3. The van der Waals surface area contributed by atoms with E-state index in [4.69, 9.17) is 0 Å². The number of aromatic nitrogens is 3. The zero-order valence-electron chi connectivity index (χ0n) is 15.8. The molecule has 1 saturated heterocycles. The smallest absolute Gasteiger partial charge is 0.255 e. The van der Waals surface area contributed by atoms with Crippen molar-refractivity contribution >= 4 is 11.7 Å². The molecule has 0 aliphatic carbocycles. The molecular weight excluding hydrogens is 376 g/mol. The van der Waals surface area contributed by atoms with E-state index in [1.807, 2.05) is 0 Å². The summed E-state index contributed by atoms with van der Waals surface area (Å²) in [4.78, 5) is 19.3. The molecule has 0 spiro atoms. The first-order valence-corrected chi connectivity index (χ1v) is 9.59. The molecule has 3 heterocycles. The Bertz CT molecular complexity index is 1010.